The quantitative estimate of drug-likeness (QED) is 0.153. The average Bonchev–Trinajstić information content (AvgIpc) is 3.96. The molecule has 5 aromatic carbocycles. The van der Waals surface area contributed by atoms with Gasteiger partial charge in [0.25, 0.3) is 0 Å². The van der Waals surface area contributed by atoms with Gasteiger partial charge in [-0.15, -0.1) is 48.0 Å². The van der Waals surface area contributed by atoms with Gasteiger partial charge in [-0.05, 0) is 54.0 Å². The molecule has 3 aromatic heterocycles. The molecule has 6 nitrogen and oxygen atoms in total. The molecule has 0 aliphatic carbocycles. The molecule has 278 valence electrons. The Labute approximate surface area is 370 Å². The maximum atomic E-state index is 13.1. The van der Waals surface area contributed by atoms with E-state index in [0.717, 1.165) is 63.6 Å². The van der Waals surface area contributed by atoms with Crippen LogP contribution in [0.25, 0.3) is 45.3 Å². The van der Waals surface area contributed by atoms with Crippen molar-refractivity contribution in [3.8, 4) is 45.3 Å². The number of rotatable bonds is 5. The second kappa shape index (κ2) is 21.3. The van der Waals surface area contributed by atoms with Crippen LogP contribution in [-0.4, -0.2) is 29.1 Å². The second-order valence-electron chi connectivity index (χ2n) is 12.5. The Balaban J connectivity index is 0.000000236. The summed E-state index contributed by atoms with van der Waals surface area (Å²) in [4.78, 5) is 4.39. The van der Waals surface area contributed by atoms with Crippen molar-refractivity contribution in [3.63, 3.8) is 0 Å². The van der Waals surface area contributed by atoms with E-state index in [1.165, 1.54) is 22.5 Å². The van der Waals surface area contributed by atoms with Crippen LogP contribution in [0.15, 0.2) is 134 Å². The maximum absolute atomic E-state index is 13.1. The third-order valence-corrected chi connectivity index (χ3v) is 8.57. The summed E-state index contributed by atoms with van der Waals surface area (Å²) in [6.45, 7) is 6.11. The number of nitrogens with zero attached hydrogens (tertiary/aromatic N) is 6. The molecule has 0 fully saturated rings. The number of hydrogen-bond acceptors (Lipinski definition) is 3. The molecule has 0 saturated heterocycles. The fourth-order valence-corrected chi connectivity index (χ4v) is 5.81. The Morgan fingerprint density at radius 1 is 0.672 bits per heavy atom. The largest absolute Gasteiger partial charge is 1.00 e. The second-order valence-corrected chi connectivity index (χ2v) is 12.5. The first-order chi connectivity index (χ1) is 26.4. The Kier molecular flexibility index (Phi) is 17.4. The number of imidazole rings is 1. The van der Waals surface area contributed by atoms with Crippen LogP contribution in [-0.2, 0) is 13.2 Å². The zero-order valence-corrected chi connectivity index (χ0v) is 33.3. The van der Waals surface area contributed by atoms with Crippen LogP contribution in [0.1, 0.15) is 22.3 Å². The molecule has 0 spiro atoms. The zero-order valence-electron chi connectivity index (χ0n) is 33.3. The van der Waals surface area contributed by atoms with Crippen LogP contribution in [0.5, 0.6) is 0 Å². The third kappa shape index (κ3) is 11.4. The Morgan fingerprint density at radius 2 is 1.40 bits per heavy atom. The summed E-state index contributed by atoms with van der Waals surface area (Å²) in [5.74, 6) is -0.738. The Hall–Kier alpha value is -4.83. The van der Waals surface area contributed by atoms with Crippen molar-refractivity contribution in [2.75, 3.05) is 0 Å². The van der Waals surface area contributed by atoms with Crippen LogP contribution in [0.3, 0.4) is 0 Å². The van der Waals surface area contributed by atoms with Crippen LogP contribution in [0.2, 0.25) is 0 Å². The molecule has 0 unspecified atom stereocenters. The van der Waals surface area contributed by atoms with Gasteiger partial charge in [0.2, 0.25) is 0 Å². The molecule has 0 bridgehead atoms. The minimum atomic E-state index is -4.36. The number of aromatic nitrogens is 6. The molecule has 0 atom stereocenters. The fraction of sp³-hybridized carbons (Fsp3) is 0.114. The van der Waals surface area contributed by atoms with Gasteiger partial charge in [0, 0.05) is 54.6 Å². The first-order valence-corrected chi connectivity index (χ1v) is 17.0. The molecule has 0 N–H and O–H groups in total. The van der Waals surface area contributed by atoms with Gasteiger partial charge in [-0.1, -0.05) is 55.5 Å². The Bertz CT molecular complexity index is 2460. The minimum Gasteiger partial charge on any atom is -0.367 e. The van der Waals surface area contributed by atoms with Gasteiger partial charge in [0.1, 0.15) is 0 Å². The van der Waals surface area contributed by atoms with Gasteiger partial charge >= 0.3 is 62.8 Å². The van der Waals surface area contributed by atoms with Crippen LogP contribution in [0.4, 0.5) is 22.0 Å². The molecule has 0 saturated carbocycles. The molecule has 0 aliphatic heterocycles. The smallest absolute Gasteiger partial charge is 0.367 e. The normalized spacial score (nSPS) is 10.4. The molecule has 14 heteroatoms. The molecule has 58 heavy (non-hydrogen) atoms. The summed E-state index contributed by atoms with van der Waals surface area (Å²) >= 11 is 0. The maximum Gasteiger partial charge on any atom is 1.00 e. The molecule has 3 heterocycles. The monoisotopic (exact) mass is 762 g/mol. The van der Waals surface area contributed by atoms with E-state index in [9.17, 15) is 22.0 Å². The fourth-order valence-electron chi connectivity index (χ4n) is 5.81. The van der Waals surface area contributed by atoms with E-state index in [0.29, 0.717) is 11.4 Å². The van der Waals surface area contributed by atoms with Gasteiger partial charge < -0.3 is 4.57 Å². The summed E-state index contributed by atoms with van der Waals surface area (Å²) in [6, 6.07) is 39.7. The van der Waals surface area contributed by atoms with Crippen molar-refractivity contribution in [2.45, 2.75) is 26.9 Å². The van der Waals surface area contributed by atoms with Crippen LogP contribution >= 0.6 is 0 Å². The van der Waals surface area contributed by atoms with E-state index in [-0.39, 0.29) is 62.3 Å². The van der Waals surface area contributed by atoms with Gasteiger partial charge in [-0.25, -0.2) is 0 Å². The van der Waals surface area contributed by atoms with Crippen LogP contribution in [0, 0.1) is 50.6 Å². The van der Waals surface area contributed by atoms with E-state index < -0.39 is 23.4 Å². The minimum absolute atomic E-state index is 0. The average molecular weight is 763 g/mol. The van der Waals surface area contributed by atoms with E-state index in [2.05, 4.69) is 58.5 Å². The van der Waals surface area contributed by atoms with Crippen molar-refractivity contribution in [2.24, 2.45) is 7.05 Å². The van der Waals surface area contributed by atoms with Crippen LogP contribution < -0.4 is 56.6 Å². The predicted molar refractivity (Wildman–Crippen MR) is 202 cm³/mol. The van der Waals surface area contributed by atoms with Gasteiger partial charge in [-0.2, -0.15) is 53.2 Å². The molecule has 0 amide bonds. The summed E-state index contributed by atoms with van der Waals surface area (Å²) < 4.78 is 68.7. The molecule has 0 radical (unpaired) electrons. The summed E-state index contributed by atoms with van der Waals surface area (Å²) in [5, 5.41) is 8.18. The van der Waals surface area contributed by atoms with Gasteiger partial charge in [-0.3, -0.25) is 23.1 Å². The molecular weight excluding hydrogens is 728 g/mol. The van der Waals surface area contributed by atoms with Gasteiger partial charge in [0.15, 0.2) is 0 Å². The standard InChI is InChI=1S/C19H16F3N2.C16H13N2.C9H5F2N2.3Li/c1-12-5-4-6-13(2)17(12)16-11-23-18(24(16)3)14-7-9-15(10-8-14)19(20,21)22;1-13-7-9-15(10-8-13)18-16(11-12-17-18)14-5-3-2-4-6-14;10-7-2-3-9(8(11)6-7)13-5-1-4-12-13;;;/h4-7,9-11H,1-3H3;2-9,11-12H,1H3;1-2,4-6H;;;/q3*-1;3*+1. The van der Waals surface area contributed by atoms with Crippen molar-refractivity contribution < 1.29 is 78.5 Å². The SMILES string of the molecule is Cc1c[c-]c(-n2nccc2-c2ccccc2)cc1.Cc1cccc(C)c1-c1cnc(-c2[c-]cc(C(F)(F)F)cc2)n1C.Fc1c[c-]c(-n2cccn2)c(F)c1.[Li+].[Li+].[Li+]. The number of alkyl halides is 3. The van der Waals surface area contributed by atoms with E-state index in [1.54, 1.807) is 18.5 Å². The Morgan fingerprint density at radius 3 is 1.98 bits per heavy atom. The summed E-state index contributed by atoms with van der Waals surface area (Å²) in [6.07, 6.45) is 2.27. The topological polar surface area (TPSA) is 53.5 Å². The van der Waals surface area contributed by atoms with E-state index in [4.69, 9.17) is 0 Å². The van der Waals surface area contributed by atoms with E-state index >= 15 is 0 Å². The molecule has 0 aliphatic rings. The number of halogens is 5. The molecule has 8 aromatic rings. The van der Waals surface area contributed by atoms with Crippen molar-refractivity contribution in [3.05, 3.63) is 186 Å². The first kappa shape index (κ1) is 47.5. The van der Waals surface area contributed by atoms with E-state index in [1.807, 2.05) is 90.9 Å². The van der Waals surface area contributed by atoms with Gasteiger partial charge in [0.05, 0.1) is 17.2 Å². The van der Waals surface area contributed by atoms with Crippen molar-refractivity contribution >= 4 is 0 Å². The first-order valence-electron chi connectivity index (χ1n) is 17.0. The van der Waals surface area contributed by atoms with Crippen molar-refractivity contribution in [1.29, 1.82) is 0 Å². The molecule has 8 rings (SSSR count). The number of hydrogen-bond donors (Lipinski definition) is 0. The zero-order chi connectivity index (χ0) is 39.1. The summed E-state index contributed by atoms with van der Waals surface area (Å²) in [5.41, 5.74) is 8.60. The molecular formula is C44H34F5Li3N6. The number of benzene rings is 5. The van der Waals surface area contributed by atoms with Crippen molar-refractivity contribution in [1.82, 2.24) is 29.1 Å². The summed E-state index contributed by atoms with van der Waals surface area (Å²) in [7, 11) is 1.86. The number of aryl methyl sites for hydroxylation is 3. The third-order valence-electron chi connectivity index (χ3n) is 8.57. The predicted octanol–water partition coefficient (Wildman–Crippen LogP) is 1.80.